The molecule has 3 rings (SSSR count). The van der Waals surface area contributed by atoms with E-state index in [9.17, 15) is 9.90 Å². The molecule has 0 spiro atoms. The summed E-state index contributed by atoms with van der Waals surface area (Å²) in [6.07, 6.45) is 0.954. The number of likely N-dealkylation sites (tertiary alicyclic amines) is 1. The van der Waals surface area contributed by atoms with E-state index in [2.05, 4.69) is 22.3 Å². The molecule has 1 amide bonds. The van der Waals surface area contributed by atoms with Crippen LogP contribution in [0.3, 0.4) is 0 Å². The van der Waals surface area contributed by atoms with Gasteiger partial charge in [0.15, 0.2) is 6.10 Å². The molecule has 1 aliphatic rings. The van der Waals surface area contributed by atoms with Crippen molar-refractivity contribution in [3.05, 3.63) is 64.2 Å². The third kappa shape index (κ3) is 6.46. The van der Waals surface area contributed by atoms with Crippen molar-refractivity contribution >= 4 is 17.5 Å². The number of hydrogen-bond donors (Lipinski definition) is 2. The summed E-state index contributed by atoms with van der Waals surface area (Å²) in [7, 11) is 0. The molecule has 2 aromatic rings. The van der Waals surface area contributed by atoms with E-state index in [0.717, 1.165) is 43.6 Å². The number of carbonyl (C=O) groups excluding carboxylic acids is 1. The summed E-state index contributed by atoms with van der Waals surface area (Å²) in [6, 6.07) is 13.6. The topological polar surface area (TPSA) is 61.8 Å². The van der Waals surface area contributed by atoms with Gasteiger partial charge in [0, 0.05) is 31.2 Å². The van der Waals surface area contributed by atoms with Crippen molar-refractivity contribution in [2.45, 2.75) is 52.0 Å². The van der Waals surface area contributed by atoms with E-state index in [1.54, 1.807) is 19.1 Å². The number of aliphatic hydroxyl groups is 1. The van der Waals surface area contributed by atoms with Crippen LogP contribution < -0.4 is 10.1 Å². The molecule has 2 N–H and O–H groups in total. The highest BCUT2D eigenvalue weighted by Crippen LogP contribution is 2.23. The molecule has 1 aliphatic heterocycles. The van der Waals surface area contributed by atoms with Crippen molar-refractivity contribution < 1.29 is 14.6 Å². The van der Waals surface area contributed by atoms with Gasteiger partial charge < -0.3 is 15.2 Å². The number of rotatable bonds is 7. The van der Waals surface area contributed by atoms with Crippen LogP contribution in [0.1, 0.15) is 36.5 Å². The molecule has 1 fully saturated rings. The van der Waals surface area contributed by atoms with Gasteiger partial charge in [-0.3, -0.25) is 9.69 Å². The number of aliphatic hydroxyl groups excluding tert-OH is 1. The first kappa shape index (κ1) is 21.6. The minimum absolute atomic E-state index is 0.146. The Morgan fingerprint density at radius 3 is 2.52 bits per heavy atom. The predicted molar refractivity (Wildman–Crippen MR) is 115 cm³/mol. The van der Waals surface area contributed by atoms with Gasteiger partial charge in [-0.15, -0.1) is 0 Å². The van der Waals surface area contributed by atoms with Crippen molar-refractivity contribution in [2.24, 2.45) is 0 Å². The van der Waals surface area contributed by atoms with E-state index in [-0.39, 0.29) is 12.0 Å². The van der Waals surface area contributed by atoms with Crippen LogP contribution in [0.2, 0.25) is 5.02 Å². The van der Waals surface area contributed by atoms with E-state index in [1.165, 1.54) is 5.56 Å². The van der Waals surface area contributed by atoms with Crippen molar-refractivity contribution in [1.82, 2.24) is 10.2 Å². The number of benzene rings is 2. The fraction of sp³-hybridized carbons (Fsp3) is 0.435. The van der Waals surface area contributed by atoms with Crippen molar-refractivity contribution in [3.63, 3.8) is 0 Å². The molecule has 5 nitrogen and oxygen atoms in total. The molecule has 1 unspecified atom stereocenters. The molecule has 1 atom stereocenters. The summed E-state index contributed by atoms with van der Waals surface area (Å²) >= 11 is 5.96. The Bertz CT molecular complexity index is 817. The van der Waals surface area contributed by atoms with E-state index in [4.69, 9.17) is 16.3 Å². The van der Waals surface area contributed by atoms with Crippen molar-refractivity contribution in [2.75, 3.05) is 13.1 Å². The third-order valence-electron chi connectivity index (χ3n) is 5.26. The number of carbonyl (C=O) groups is 1. The largest absolute Gasteiger partial charge is 0.481 e. The normalized spacial score (nSPS) is 16.4. The smallest absolute Gasteiger partial charge is 0.261 e. The van der Waals surface area contributed by atoms with Crippen molar-refractivity contribution in [1.29, 1.82) is 0 Å². The van der Waals surface area contributed by atoms with Crippen LogP contribution in [-0.2, 0) is 17.9 Å². The number of amides is 1. The van der Waals surface area contributed by atoms with Crippen molar-refractivity contribution in [3.8, 4) is 5.75 Å². The van der Waals surface area contributed by atoms with Crippen LogP contribution in [0.25, 0.3) is 0 Å². The lowest BCUT2D eigenvalue weighted by atomic mass is 10.1. The third-order valence-corrected chi connectivity index (χ3v) is 5.50. The highest BCUT2D eigenvalue weighted by atomic mass is 35.5. The van der Waals surface area contributed by atoms with Gasteiger partial charge in [0.05, 0.1) is 6.10 Å². The summed E-state index contributed by atoms with van der Waals surface area (Å²) in [5.74, 6) is 0.502. The molecular formula is C23H29ClN2O3. The number of nitrogens with zero attached hydrogens (tertiary/aromatic N) is 1. The van der Waals surface area contributed by atoms with Crippen LogP contribution in [0.4, 0.5) is 0 Å². The Balaban J connectivity index is 1.45. The van der Waals surface area contributed by atoms with Gasteiger partial charge in [0.2, 0.25) is 0 Å². The SMILES string of the molecule is Cc1cc(Cl)ccc1OC(C)C(=O)NCc1ccc(CN2CCC(O)CC2)cc1. The number of halogens is 1. The Morgan fingerprint density at radius 1 is 1.21 bits per heavy atom. The Morgan fingerprint density at radius 2 is 1.86 bits per heavy atom. The molecule has 156 valence electrons. The summed E-state index contributed by atoms with van der Waals surface area (Å²) in [5, 5.41) is 13.2. The number of hydrogen-bond acceptors (Lipinski definition) is 4. The number of aryl methyl sites for hydroxylation is 1. The lowest BCUT2D eigenvalue weighted by Crippen LogP contribution is -2.36. The van der Waals surface area contributed by atoms with Crippen LogP contribution in [0.15, 0.2) is 42.5 Å². The highest BCUT2D eigenvalue weighted by molar-refractivity contribution is 6.30. The van der Waals surface area contributed by atoms with Gasteiger partial charge in [-0.1, -0.05) is 35.9 Å². The molecule has 29 heavy (non-hydrogen) atoms. The van der Waals surface area contributed by atoms with E-state index >= 15 is 0 Å². The minimum Gasteiger partial charge on any atom is -0.481 e. The van der Waals surface area contributed by atoms with E-state index < -0.39 is 6.10 Å². The number of nitrogens with one attached hydrogen (secondary N) is 1. The quantitative estimate of drug-likeness (QED) is 0.722. The van der Waals surface area contributed by atoms with Gasteiger partial charge in [0.25, 0.3) is 5.91 Å². The van der Waals surface area contributed by atoms with Gasteiger partial charge in [0.1, 0.15) is 5.75 Å². The minimum atomic E-state index is -0.594. The van der Waals surface area contributed by atoms with Crippen LogP contribution in [0, 0.1) is 6.92 Å². The summed E-state index contributed by atoms with van der Waals surface area (Å²) in [4.78, 5) is 14.7. The molecule has 0 aromatic heterocycles. The second kappa shape index (κ2) is 10.1. The molecule has 2 aromatic carbocycles. The first-order chi connectivity index (χ1) is 13.9. The number of ether oxygens (including phenoxy) is 1. The van der Waals surface area contributed by atoms with Gasteiger partial charge in [-0.2, -0.15) is 0 Å². The average Bonchev–Trinajstić information content (AvgIpc) is 2.71. The first-order valence-corrected chi connectivity index (χ1v) is 10.5. The molecule has 1 heterocycles. The maximum Gasteiger partial charge on any atom is 0.261 e. The number of piperidine rings is 1. The van der Waals surface area contributed by atoms with E-state index in [1.807, 2.05) is 25.1 Å². The molecule has 1 saturated heterocycles. The maximum atomic E-state index is 12.4. The van der Waals surface area contributed by atoms with Gasteiger partial charge >= 0.3 is 0 Å². The molecule has 0 bridgehead atoms. The monoisotopic (exact) mass is 416 g/mol. The summed E-state index contributed by atoms with van der Waals surface area (Å²) in [5.41, 5.74) is 3.19. The van der Waals surface area contributed by atoms with Crippen LogP contribution in [-0.4, -0.2) is 41.2 Å². The van der Waals surface area contributed by atoms with Crippen LogP contribution >= 0.6 is 11.6 Å². The second-order valence-electron chi connectivity index (χ2n) is 7.71. The summed E-state index contributed by atoms with van der Waals surface area (Å²) in [6.45, 7) is 6.86. The summed E-state index contributed by atoms with van der Waals surface area (Å²) < 4.78 is 5.77. The fourth-order valence-corrected chi connectivity index (χ4v) is 3.65. The Hall–Kier alpha value is -2.08. The molecule has 6 heteroatoms. The molecular weight excluding hydrogens is 388 g/mol. The lowest BCUT2D eigenvalue weighted by Gasteiger charge is -2.29. The van der Waals surface area contributed by atoms with Gasteiger partial charge in [-0.25, -0.2) is 0 Å². The molecule has 0 radical (unpaired) electrons. The van der Waals surface area contributed by atoms with Gasteiger partial charge in [-0.05, 0) is 61.6 Å². The molecule has 0 saturated carbocycles. The highest BCUT2D eigenvalue weighted by Gasteiger charge is 2.17. The Labute approximate surface area is 177 Å². The van der Waals surface area contributed by atoms with E-state index in [0.29, 0.717) is 17.3 Å². The standard InChI is InChI=1S/C23H29ClN2O3/c1-16-13-20(24)7-8-22(16)29-17(2)23(28)25-14-18-3-5-19(6-4-18)15-26-11-9-21(27)10-12-26/h3-8,13,17,21,27H,9-12,14-15H2,1-2H3,(H,25,28). The average molecular weight is 417 g/mol. The zero-order valence-corrected chi connectivity index (χ0v) is 17.8. The zero-order valence-electron chi connectivity index (χ0n) is 17.0. The predicted octanol–water partition coefficient (Wildman–Crippen LogP) is 3.69. The van der Waals surface area contributed by atoms with Crippen LogP contribution in [0.5, 0.6) is 5.75 Å². The fourth-order valence-electron chi connectivity index (χ4n) is 3.42. The first-order valence-electron chi connectivity index (χ1n) is 10.1. The molecule has 0 aliphatic carbocycles. The maximum absolute atomic E-state index is 12.4. The zero-order chi connectivity index (χ0) is 20.8. The lowest BCUT2D eigenvalue weighted by molar-refractivity contribution is -0.127. The Kier molecular flexibility index (Phi) is 7.53. The second-order valence-corrected chi connectivity index (χ2v) is 8.15.